The van der Waals surface area contributed by atoms with Crippen molar-refractivity contribution < 1.29 is 4.74 Å². The molecule has 0 spiro atoms. The molecule has 4 rings (SSSR count). The van der Waals surface area contributed by atoms with Gasteiger partial charge in [-0.3, -0.25) is 5.10 Å². The van der Waals surface area contributed by atoms with Crippen LogP contribution in [0, 0.1) is 13.8 Å². The molecule has 0 radical (unpaired) electrons. The molecule has 0 aliphatic heterocycles. The summed E-state index contributed by atoms with van der Waals surface area (Å²) in [7, 11) is 0. The number of rotatable bonds is 7. The number of para-hydroxylation sites is 1. The normalized spacial score (nSPS) is 10.9. The van der Waals surface area contributed by atoms with Crippen LogP contribution in [0.5, 0.6) is 5.75 Å². The van der Waals surface area contributed by atoms with Gasteiger partial charge in [-0.25, -0.2) is 9.97 Å². The Labute approximate surface area is 172 Å². The number of thiazole rings is 1. The molecule has 1 N–H and O–H groups in total. The Kier molecular flexibility index (Phi) is 5.73. The molecule has 28 heavy (non-hydrogen) atoms. The van der Waals surface area contributed by atoms with E-state index in [0.29, 0.717) is 17.6 Å². The number of thioether (sulfide) groups is 1. The number of nitrogens with one attached hydrogen (secondary N) is 1. The van der Waals surface area contributed by atoms with E-state index in [9.17, 15) is 0 Å². The number of hydrogen-bond acceptors (Lipinski definition) is 6. The highest BCUT2D eigenvalue weighted by molar-refractivity contribution is 7.98. The van der Waals surface area contributed by atoms with Gasteiger partial charge in [0, 0.05) is 16.7 Å². The van der Waals surface area contributed by atoms with E-state index in [-0.39, 0.29) is 0 Å². The van der Waals surface area contributed by atoms with Crippen molar-refractivity contribution in [3.63, 3.8) is 0 Å². The minimum Gasteiger partial charge on any atom is -0.485 e. The molecule has 4 aromatic rings. The molecule has 2 aromatic carbocycles. The van der Waals surface area contributed by atoms with Gasteiger partial charge in [-0.05, 0) is 25.5 Å². The minimum absolute atomic E-state index is 0.368. The first-order valence-electron chi connectivity index (χ1n) is 8.91. The summed E-state index contributed by atoms with van der Waals surface area (Å²) in [6.07, 6.45) is 0. The Morgan fingerprint density at radius 1 is 1.04 bits per heavy atom. The zero-order chi connectivity index (χ0) is 19.3. The molecule has 2 heterocycles. The predicted molar refractivity (Wildman–Crippen MR) is 114 cm³/mol. The number of hydrogen-bond donors (Lipinski definition) is 1. The molecule has 0 unspecified atom stereocenters. The highest BCUT2D eigenvalue weighted by Crippen LogP contribution is 2.27. The summed E-state index contributed by atoms with van der Waals surface area (Å²) in [4.78, 5) is 9.22. The van der Waals surface area contributed by atoms with E-state index in [2.05, 4.69) is 51.8 Å². The monoisotopic (exact) mass is 408 g/mol. The lowest BCUT2D eigenvalue weighted by Gasteiger charge is -2.06. The number of H-pyrrole nitrogens is 1. The predicted octanol–water partition coefficient (Wildman–Crippen LogP) is 5.42. The van der Waals surface area contributed by atoms with E-state index in [0.717, 1.165) is 33.3 Å². The standard InChI is InChI=1S/C21H20N4OS2/c1-14-7-9-16(10-8-14)20-22-17(12-27-20)13-28-21-23-19(24-25-21)11-26-18-6-4-3-5-15(18)2/h3-10,12H,11,13H2,1-2H3,(H,23,24,25). The fourth-order valence-corrected chi connectivity index (χ4v) is 4.25. The molecule has 0 atom stereocenters. The van der Waals surface area contributed by atoms with Crippen LogP contribution in [0.1, 0.15) is 22.6 Å². The maximum absolute atomic E-state index is 5.81. The van der Waals surface area contributed by atoms with Crippen molar-refractivity contribution in [3.8, 4) is 16.3 Å². The number of aryl methyl sites for hydroxylation is 2. The summed E-state index contributed by atoms with van der Waals surface area (Å²) in [5.41, 5.74) is 4.54. The van der Waals surface area contributed by atoms with Crippen LogP contribution in [-0.4, -0.2) is 20.2 Å². The Morgan fingerprint density at radius 3 is 2.68 bits per heavy atom. The van der Waals surface area contributed by atoms with Gasteiger partial charge in [-0.1, -0.05) is 59.8 Å². The van der Waals surface area contributed by atoms with Crippen LogP contribution >= 0.6 is 23.1 Å². The van der Waals surface area contributed by atoms with Gasteiger partial charge in [0.15, 0.2) is 5.82 Å². The molecule has 0 bridgehead atoms. The van der Waals surface area contributed by atoms with Gasteiger partial charge in [0.05, 0.1) is 5.69 Å². The zero-order valence-corrected chi connectivity index (χ0v) is 17.3. The quantitative estimate of drug-likeness (QED) is 0.414. The Hall–Kier alpha value is -2.64. The SMILES string of the molecule is Cc1ccc(-c2nc(CSc3n[nH]c(COc4ccccc4C)n3)cs2)cc1. The van der Waals surface area contributed by atoms with Crippen LogP contribution in [0.15, 0.2) is 59.1 Å². The summed E-state index contributed by atoms with van der Waals surface area (Å²) in [5.74, 6) is 2.31. The smallest absolute Gasteiger partial charge is 0.208 e. The summed E-state index contributed by atoms with van der Waals surface area (Å²) < 4.78 is 5.81. The highest BCUT2D eigenvalue weighted by atomic mass is 32.2. The maximum atomic E-state index is 5.81. The summed E-state index contributed by atoms with van der Waals surface area (Å²) in [5, 5.41) is 11.0. The number of nitrogens with zero attached hydrogens (tertiary/aromatic N) is 3. The largest absolute Gasteiger partial charge is 0.485 e. The molecule has 0 amide bonds. The van der Waals surface area contributed by atoms with Crippen LogP contribution in [0.25, 0.3) is 10.6 Å². The van der Waals surface area contributed by atoms with Crippen molar-refractivity contribution in [2.75, 3.05) is 0 Å². The van der Waals surface area contributed by atoms with E-state index in [1.165, 1.54) is 5.56 Å². The van der Waals surface area contributed by atoms with Crippen LogP contribution in [0.3, 0.4) is 0 Å². The van der Waals surface area contributed by atoms with Gasteiger partial charge in [0.1, 0.15) is 17.4 Å². The molecule has 7 heteroatoms. The summed E-state index contributed by atoms with van der Waals surface area (Å²) in [6.45, 7) is 4.48. The van der Waals surface area contributed by atoms with Crippen molar-refractivity contribution in [1.82, 2.24) is 20.2 Å². The van der Waals surface area contributed by atoms with E-state index in [1.807, 2.05) is 31.2 Å². The molecular formula is C21H20N4OS2. The molecule has 0 saturated heterocycles. The average molecular weight is 409 g/mol. The van der Waals surface area contributed by atoms with Gasteiger partial charge in [-0.15, -0.1) is 16.4 Å². The molecule has 142 valence electrons. The zero-order valence-electron chi connectivity index (χ0n) is 15.7. The first kappa shape index (κ1) is 18.7. The van der Waals surface area contributed by atoms with Crippen molar-refractivity contribution in [2.45, 2.75) is 31.4 Å². The lowest BCUT2D eigenvalue weighted by atomic mass is 10.2. The fourth-order valence-electron chi connectivity index (χ4n) is 2.61. The highest BCUT2D eigenvalue weighted by Gasteiger charge is 2.09. The second-order valence-electron chi connectivity index (χ2n) is 6.42. The molecule has 0 saturated carbocycles. The average Bonchev–Trinajstić information content (AvgIpc) is 3.36. The first-order valence-corrected chi connectivity index (χ1v) is 10.8. The van der Waals surface area contributed by atoms with Gasteiger partial charge in [-0.2, -0.15) is 0 Å². The number of ether oxygens (including phenoxy) is 1. The Bertz CT molecular complexity index is 1060. The topological polar surface area (TPSA) is 63.7 Å². The van der Waals surface area contributed by atoms with Crippen molar-refractivity contribution in [3.05, 3.63) is 76.6 Å². The molecule has 0 fully saturated rings. The van der Waals surface area contributed by atoms with Crippen molar-refractivity contribution >= 4 is 23.1 Å². The molecule has 0 aliphatic carbocycles. The van der Waals surface area contributed by atoms with Crippen LogP contribution in [0.4, 0.5) is 0 Å². The second-order valence-corrected chi connectivity index (χ2v) is 8.22. The van der Waals surface area contributed by atoms with Crippen molar-refractivity contribution in [2.24, 2.45) is 0 Å². The van der Waals surface area contributed by atoms with Crippen LogP contribution in [-0.2, 0) is 12.4 Å². The van der Waals surface area contributed by atoms with Gasteiger partial charge < -0.3 is 4.74 Å². The van der Waals surface area contributed by atoms with Gasteiger partial charge in [0.25, 0.3) is 0 Å². The number of benzene rings is 2. The minimum atomic E-state index is 0.368. The molecule has 5 nitrogen and oxygen atoms in total. The van der Waals surface area contributed by atoms with E-state index < -0.39 is 0 Å². The van der Waals surface area contributed by atoms with E-state index in [4.69, 9.17) is 9.72 Å². The molecule has 0 aliphatic rings. The van der Waals surface area contributed by atoms with Crippen LogP contribution in [0.2, 0.25) is 0 Å². The lowest BCUT2D eigenvalue weighted by Crippen LogP contribution is -1.98. The third-order valence-corrected chi connectivity index (χ3v) is 5.99. The van der Waals surface area contributed by atoms with E-state index in [1.54, 1.807) is 23.1 Å². The van der Waals surface area contributed by atoms with Crippen molar-refractivity contribution in [1.29, 1.82) is 0 Å². The van der Waals surface area contributed by atoms with Gasteiger partial charge in [0.2, 0.25) is 5.16 Å². The maximum Gasteiger partial charge on any atom is 0.208 e. The van der Waals surface area contributed by atoms with E-state index >= 15 is 0 Å². The second kappa shape index (κ2) is 8.58. The Morgan fingerprint density at radius 2 is 1.86 bits per heavy atom. The van der Waals surface area contributed by atoms with Gasteiger partial charge >= 0.3 is 0 Å². The molecule has 2 aromatic heterocycles. The third kappa shape index (κ3) is 4.61. The van der Waals surface area contributed by atoms with Crippen LogP contribution < -0.4 is 4.74 Å². The molecular weight excluding hydrogens is 388 g/mol. The third-order valence-electron chi connectivity index (χ3n) is 4.17. The number of aromatic nitrogens is 4. The lowest BCUT2D eigenvalue weighted by molar-refractivity contribution is 0.294. The Balaban J connectivity index is 1.32. The summed E-state index contributed by atoms with van der Waals surface area (Å²) in [6, 6.07) is 16.4. The summed E-state index contributed by atoms with van der Waals surface area (Å²) >= 11 is 3.23. The fraction of sp³-hybridized carbons (Fsp3) is 0.190. The number of aromatic amines is 1. The first-order chi connectivity index (χ1) is 13.7.